The molecule has 4 heteroatoms. The van der Waals surface area contributed by atoms with Gasteiger partial charge in [0.25, 0.3) is 0 Å². The molecule has 2 unspecified atom stereocenters. The first-order valence-electron chi connectivity index (χ1n) is 4.46. The second-order valence-corrected chi connectivity index (χ2v) is 3.39. The number of halogens is 2. The molecular formula is C10H11F2NO. The van der Waals surface area contributed by atoms with Crippen molar-refractivity contribution in [2.75, 3.05) is 7.05 Å². The summed E-state index contributed by atoms with van der Waals surface area (Å²) in [6, 6.07) is 1.89. The van der Waals surface area contributed by atoms with Crippen LogP contribution in [0.3, 0.4) is 0 Å². The van der Waals surface area contributed by atoms with Crippen molar-refractivity contribution in [1.82, 2.24) is 5.32 Å². The average molecular weight is 199 g/mol. The summed E-state index contributed by atoms with van der Waals surface area (Å²) in [6.07, 6.45) is -0.175. The van der Waals surface area contributed by atoms with Crippen molar-refractivity contribution in [3.05, 3.63) is 29.3 Å². The van der Waals surface area contributed by atoms with Gasteiger partial charge in [-0.05, 0) is 14.0 Å². The van der Waals surface area contributed by atoms with E-state index in [-0.39, 0.29) is 12.1 Å². The van der Waals surface area contributed by atoms with Gasteiger partial charge in [0.15, 0.2) is 0 Å². The molecule has 0 fully saturated rings. The normalized spacial score (nSPS) is 24.6. The molecule has 0 aliphatic carbocycles. The molecule has 1 N–H and O–H groups in total. The molecule has 1 heterocycles. The molecule has 76 valence electrons. The van der Waals surface area contributed by atoms with E-state index in [9.17, 15) is 8.78 Å². The van der Waals surface area contributed by atoms with Crippen LogP contribution in [0.4, 0.5) is 8.78 Å². The third-order valence-corrected chi connectivity index (χ3v) is 2.46. The standard InChI is InChI=1S/C10H11F2NO/c1-5-10(13-2)9-7(12)3-6(11)4-8(9)14-5/h3-5,10,13H,1-2H3. The maximum Gasteiger partial charge on any atom is 0.134 e. The molecule has 0 saturated carbocycles. The van der Waals surface area contributed by atoms with Gasteiger partial charge in [0, 0.05) is 12.1 Å². The average Bonchev–Trinajstić information content (AvgIpc) is 2.40. The molecule has 1 aliphatic heterocycles. The Bertz CT molecular complexity index is 367. The quantitative estimate of drug-likeness (QED) is 0.747. The lowest BCUT2D eigenvalue weighted by Gasteiger charge is -2.13. The minimum absolute atomic E-state index is 0.175. The summed E-state index contributed by atoms with van der Waals surface area (Å²) in [5, 5.41) is 2.94. The number of benzene rings is 1. The van der Waals surface area contributed by atoms with Gasteiger partial charge in [-0.15, -0.1) is 0 Å². The second kappa shape index (κ2) is 3.20. The van der Waals surface area contributed by atoms with E-state index in [2.05, 4.69) is 5.32 Å². The Labute approximate surface area is 80.9 Å². The maximum atomic E-state index is 13.4. The number of fused-ring (bicyclic) bond motifs is 1. The molecule has 0 saturated heterocycles. The van der Waals surface area contributed by atoms with Crippen LogP contribution in [0.5, 0.6) is 5.75 Å². The topological polar surface area (TPSA) is 21.3 Å². The van der Waals surface area contributed by atoms with E-state index in [0.717, 1.165) is 6.07 Å². The third kappa shape index (κ3) is 1.26. The predicted molar refractivity (Wildman–Crippen MR) is 48.2 cm³/mol. The van der Waals surface area contributed by atoms with E-state index in [1.165, 1.54) is 6.07 Å². The van der Waals surface area contributed by atoms with E-state index >= 15 is 0 Å². The first-order valence-corrected chi connectivity index (χ1v) is 4.46. The summed E-state index contributed by atoms with van der Waals surface area (Å²) < 4.78 is 31.6. The Kier molecular flexibility index (Phi) is 2.15. The number of nitrogens with one attached hydrogen (secondary N) is 1. The van der Waals surface area contributed by atoms with Crippen LogP contribution in [-0.4, -0.2) is 13.2 Å². The Morgan fingerprint density at radius 1 is 1.36 bits per heavy atom. The summed E-state index contributed by atoms with van der Waals surface area (Å²) in [4.78, 5) is 0. The van der Waals surface area contributed by atoms with Crippen LogP contribution in [0.1, 0.15) is 18.5 Å². The highest BCUT2D eigenvalue weighted by molar-refractivity contribution is 5.42. The number of likely N-dealkylation sites (N-methyl/N-ethyl adjacent to an activating group) is 1. The highest BCUT2D eigenvalue weighted by Crippen LogP contribution is 2.38. The molecule has 0 radical (unpaired) electrons. The third-order valence-electron chi connectivity index (χ3n) is 2.46. The monoisotopic (exact) mass is 199 g/mol. The molecule has 0 bridgehead atoms. The highest BCUT2D eigenvalue weighted by atomic mass is 19.1. The van der Waals surface area contributed by atoms with E-state index in [4.69, 9.17) is 4.74 Å². The molecule has 2 nitrogen and oxygen atoms in total. The lowest BCUT2D eigenvalue weighted by atomic mass is 10.0. The van der Waals surface area contributed by atoms with Crippen LogP contribution in [0, 0.1) is 11.6 Å². The minimum atomic E-state index is -0.606. The summed E-state index contributed by atoms with van der Waals surface area (Å²) in [5.41, 5.74) is 0.418. The van der Waals surface area contributed by atoms with Crippen molar-refractivity contribution in [3.63, 3.8) is 0 Å². The van der Waals surface area contributed by atoms with Gasteiger partial charge in [-0.3, -0.25) is 0 Å². The van der Waals surface area contributed by atoms with Crippen LogP contribution < -0.4 is 10.1 Å². The Morgan fingerprint density at radius 2 is 2.07 bits per heavy atom. The number of ether oxygens (including phenoxy) is 1. The summed E-state index contributed by atoms with van der Waals surface area (Å²) >= 11 is 0. The zero-order chi connectivity index (χ0) is 10.3. The fourth-order valence-corrected chi connectivity index (χ4v) is 1.84. The van der Waals surface area contributed by atoms with Crippen LogP contribution in [0.2, 0.25) is 0 Å². The molecule has 0 aromatic heterocycles. The van der Waals surface area contributed by atoms with Crippen LogP contribution in [0.15, 0.2) is 12.1 Å². The van der Waals surface area contributed by atoms with E-state index in [0.29, 0.717) is 11.3 Å². The van der Waals surface area contributed by atoms with Gasteiger partial charge >= 0.3 is 0 Å². The molecule has 1 aliphatic rings. The van der Waals surface area contributed by atoms with Gasteiger partial charge in [-0.2, -0.15) is 0 Å². The van der Waals surface area contributed by atoms with Gasteiger partial charge in [0.2, 0.25) is 0 Å². The van der Waals surface area contributed by atoms with Crippen molar-refractivity contribution in [2.45, 2.75) is 19.1 Å². The molecule has 0 amide bonds. The largest absolute Gasteiger partial charge is 0.488 e. The second-order valence-electron chi connectivity index (χ2n) is 3.39. The fraction of sp³-hybridized carbons (Fsp3) is 0.400. The molecule has 2 rings (SSSR count). The van der Waals surface area contributed by atoms with Gasteiger partial charge < -0.3 is 10.1 Å². The minimum Gasteiger partial charge on any atom is -0.488 e. The fourth-order valence-electron chi connectivity index (χ4n) is 1.84. The molecule has 1 aromatic rings. The van der Waals surface area contributed by atoms with Crippen molar-refractivity contribution in [3.8, 4) is 5.75 Å². The first-order chi connectivity index (χ1) is 6.63. The van der Waals surface area contributed by atoms with Crippen LogP contribution in [0.25, 0.3) is 0 Å². The SMILES string of the molecule is CNC1c2c(F)cc(F)cc2OC1C. The Morgan fingerprint density at radius 3 is 2.71 bits per heavy atom. The molecule has 2 atom stereocenters. The summed E-state index contributed by atoms with van der Waals surface area (Å²) in [5.74, 6) is -0.858. The van der Waals surface area contributed by atoms with Crippen LogP contribution in [-0.2, 0) is 0 Å². The summed E-state index contributed by atoms with van der Waals surface area (Å²) in [6.45, 7) is 1.82. The van der Waals surface area contributed by atoms with Crippen molar-refractivity contribution in [2.24, 2.45) is 0 Å². The smallest absolute Gasteiger partial charge is 0.134 e. The van der Waals surface area contributed by atoms with Gasteiger partial charge in [-0.1, -0.05) is 0 Å². The number of hydrogen-bond acceptors (Lipinski definition) is 2. The Balaban J connectivity index is 2.53. The highest BCUT2D eigenvalue weighted by Gasteiger charge is 2.33. The molecule has 1 aromatic carbocycles. The van der Waals surface area contributed by atoms with Crippen LogP contribution >= 0.6 is 0 Å². The zero-order valence-electron chi connectivity index (χ0n) is 7.97. The molecule has 0 spiro atoms. The van der Waals surface area contributed by atoms with E-state index in [1.807, 2.05) is 6.92 Å². The molecule has 14 heavy (non-hydrogen) atoms. The Hall–Kier alpha value is -1.16. The molecular weight excluding hydrogens is 188 g/mol. The van der Waals surface area contributed by atoms with E-state index < -0.39 is 11.6 Å². The predicted octanol–water partition coefficient (Wildman–Crippen LogP) is 2.01. The lowest BCUT2D eigenvalue weighted by molar-refractivity contribution is 0.214. The van der Waals surface area contributed by atoms with Gasteiger partial charge in [0.05, 0.1) is 11.6 Å². The number of hydrogen-bond donors (Lipinski definition) is 1. The van der Waals surface area contributed by atoms with Crippen molar-refractivity contribution < 1.29 is 13.5 Å². The first kappa shape index (κ1) is 9.40. The van der Waals surface area contributed by atoms with E-state index in [1.54, 1.807) is 7.05 Å². The van der Waals surface area contributed by atoms with Crippen molar-refractivity contribution >= 4 is 0 Å². The number of rotatable bonds is 1. The maximum absolute atomic E-state index is 13.4. The lowest BCUT2D eigenvalue weighted by Crippen LogP contribution is -2.25. The van der Waals surface area contributed by atoms with Crippen molar-refractivity contribution in [1.29, 1.82) is 0 Å². The zero-order valence-corrected chi connectivity index (χ0v) is 7.97. The van der Waals surface area contributed by atoms with Gasteiger partial charge in [-0.25, -0.2) is 8.78 Å². The summed E-state index contributed by atoms with van der Waals surface area (Å²) in [7, 11) is 1.72. The van der Waals surface area contributed by atoms with Gasteiger partial charge in [0.1, 0.15) is 23.5 Å².